The van der Waals surface area contributed by atoms with Gasteiger partial charge in [0, 0.05) is 5.56 Å². The SMILES string of the molecule is O=C(Cn1cnc2ccccc2c1=O)NC1(c2ccccc2F)CCCC1. The van der Waals surface area contributed by atoms with Gasteiger partial charge >= 0.3 is 0 Å². The summed E-state index contributed by atoms with van der Waals surface area (Å²) in [5.41, 5.74) is 0.135. The maximum absolute atomic E-state index is 14.4. The number of halogens is 1. The maximum Gasteiger partial charge on any atom is 0.261 e. The lowest BCUT2D eigenvalue weighted by Gasteiger charge is -2.31. The number of para-hydroxylation sites is 1. The van der Waals surface area contributed by atoms with E-state index in [-0.39, 0.29) is 23.8 Å². The second-order valence-corrected chi connectivity index (χ2v) is 7.01. The number of benzene rings is 2. The van der Waals surface area contributed by atoms with Crippen molar-refractivity contribution in [3.63, 3.8) is 0 Å². The molecule has 0 saturated heterocycles. The highest BCUT2D eigenvalue weighted by Gasteiger charge is 2.38. The molecule has 1 amide bonds. The van der Waals surface area contributed by atoms with Crippen molar-refractivity contribution in [3.8, 4) is 0 Å². The highest BCUT2D eigenvalue weighted by atomic mass is 19.1. The predicted octanol–water partition coefficient (Wildman–Crippen LogP) is 3.12. The molecule has 27 heavy (non-hydrogen) atoms. The van der Waals surface area contributed by atoms with Crippen molar-refractivity contribution in [3.05, 3.63) is 76.6 Å². The Balaban J connectivity index is 1.61. The number of nitrogens with zero attached hydrogens (tertiary/aromatic N) is 2. The molecular weight excluding hydrogens is 345 g/mol. The summed E-state index contributed by atoms with van der Waals surface area (Å²) in [7, 11) is 0. The third-order valence-corrected chi connectivity index (χ3v) is 5.27. The van der Waals surface area contributed by atoms with Crippen molar-refractivity contribution < 1.29 is 9.18 Å². The second-order valence-electron chi connectivity index (χ2n) is 7.01. The smallest absolute Gasteiger partial charge is 0.261 e. The Labute approximate surface area is 155 Å². The van der Waals surface area contributed by atoms with Crippen LogP contribution in [0.5, 0.6) is 0 Å². The number of nitrogens with one attached hydrogen (secondary N) is 1. The third kappa shape index (κ3) is 3.23. The molecule has 138 valence electrons. The Morgan fingerprint density at radius 2 is 1.81 bits per heavy atom. The van der Waals surface area contributed by atoms with Crippen molar-refractivity contribution in [2.24, 2.45) is 0 Å². The summed E-state index contributed by atoms with van der Waals surface area (Å²) < 4.78 is 15.7. The zero-order valence-corrected chi connectivity index (χ0v) is 14.8. The molecule has 1 N–H and O–H groups in total. The van der Waals surface area contributed by atoms with Gasteiger partial charge in [-0.05, 0) is 31.0 Å². The molecule has 0 unspecified atom stereocenters. The first-order chi connectivity index (χ1) is 13.1. The van der Waals surface area contributed by atoms with Crippen LogP contribution in [-0.4, -0.2) is 15.5 Å². The van der Waals surface area contributed by atoms with Crippen LogP contribution in [0, 0.1) is 5.82 Å². The van der Waals surface area contributed by atoms with E-state index in [9.17, 15) is 14.0 Å². The minimum absolute atomic E-state index is 0.146. The molecule has 3 aromatic rings. The van der Waals surface area contributed by atoms with Crippen molar-refractivity contribution in [2.75, 3.05) is 0 Å². The topological polar surface area (TPSA) is 64.0 Å². The summed E-state index contributed by atoms with van der Waals surface area (Å²) in [4.78, 5) is 29.6. The molecule has 1 aliphatic rings. The van der Waals surface area contributed by atoms with Gasteiger partial charge in [0.1, 0.15) is 12.4 Å². The molecule has 6 heteroatoms. The van der Waals surface area contributed by atoms with E-state index in [2.05, 4.69) is 10.3 Å². The predicted molar refractivity (Wildman–Crippen MR) is 101 cm³/mol. The van der Waals surface area contributed by atoms with E-state index in [0.29, 0.717) is 29.3 Å². The zero-order valence-electron chi connectivity index (χ0n) is 14.8. The molecule has 1 fully saturated rings. The Morgan fingerprint density at radius 1 is 1.11 bits per heavy atom. The molecular formula is C21H20FN3O2. The zero-order chi connectivity index (χ0) is 18.9. The highest BCUT2D eigenvalue weighted by Crippen LogP contribution is 2.39. The van der Waals surface area contributed by atoms with Crippen molar-refractivity contribution in [1.82, 2.24) is 14.9 Å². The highest BCUT2D eigenvalue weighted by molar-refractivity contribution is 5.79. The molecule has 1 aliphatic carbocycles. The molecule has 0 spiro atoms. The molecule has 4 rings (SSSR count). The van der Waals surface area contributed by atoms with E-state index < -0.39 is 5.54 Å². The van der Waals surface area contributed by atoms with Gasteiger partial charge in [0.05, 0.1) is 22.8 Å². The fourth-order valence-corrected chi connectivity index (χ4v) is 3.97. The lowest BCUT2D eigenvalue weighted by Crippen LogP contribution is -2.46. The fraction of sp³-hybridized carbons (Fsp3) is 0.286. The molecule has 0 aliphatic heterocycles. The van der Waals surface area contributed by atoms with Gasteiger partial charge in [-0.25, -0.2) is 9.37 Å². The average molecular weight is 365 g/mol. The largest absolute Gasteiger partial charge is 0.345 e. The van der Waals surface area contributed by atoms with E-state index in [4.69, 9.17) is 0 Å². The van der Waals surface area contributed by atoms with Crippen LogP contribution in [0.3, 0.4) is 0 Å². The van der Waals surface area contributed by atoms with Crippen LogP contribution >= 0.6 is 0 Å². The fourth-order valence-electron chi connectivity index (χ4n) is 3.97. The van der Waals surface area contributed by atoms with Crippen LogP contribution < -0.4 is 10.9 Å². The van der Waals surface area contributed by atoms with Crippen LogP contribution in [0.15, 0.2) is 59.7 Å². The lowest BCUT2D eigenvalue weighted by molar-refractivity contribution is -0.123. The normalized spacial score (nSPS) is 15.7. The molecule has 1 aromatic heterocycles. The first-order valence-electron chi connectivity index (χ1n) is 9.09. The van der Waals surface area contributed by atoms with Crippen molar-refractivity contribution in [1.29, 1.82) is 0 Å². The number of aromatic nitrogens is 2. The molecule has 5 nitrogen and oxygen atoms in total. The van der Waals surface area contributed by atoms with E-state index >= 15 is 0 Å². The molecule has 1 saturated carbocycles. The van der Waals surface area contributed by atoms with Crippen LogP contribution in [0.4, 0.5) is 4.39 Å². The molecule has 1 heterocycles. The summed E-state index contributed by atoms with van der Waals surface area (Å²) in [6.07, 6.45) is 4.60. The van der Waals surface area contributed by atoms with E-state index in [1.165, 1.54) is 17.0 Å². The summed E-state index contributed by atoms with van der Waals surface area (Å²) in [6.45, 7) is -0.146. The van der Waals surface area contributed by atoms with E-state index in [0.717, 1.165) is 12.8 Å². The van der Waals surface area contributed by atoms with Crippen LogP contribution in [0.25, 0.3) is 10.9 Å². The van der Waals surface area contributed by atoms with Gasteiger partial charge in [0.2, 0.25) is 5.91 Å². The van der Waals surface area contributed by atoms with Crippen molar-refractivity contribution >= 4 is 16.8 Å². The van der Waals surface area contributed by atoms with Gasteiger partial charge in [-0.2, -0.15) is 0 Å². The number of rotatable bonds is 4. The minimum Gasteiger partial charge on any atom is -0.345 e. The van der Waals surface area contributed by atoms with Gasteiger partial charge in [0.25, 0.3) is 5.56 Å². The van der Waals surface area contributed by atoms with Gasteiger partial charge < -0.3 is 5.32 Å². The monoisotopic (exact) mass is 365 g/mol. The summed E-state index contributed by atoms with van der Waals surface area (Å²) in [6, 6.07) is 13.6. The third-order valence-electron chi connectivity index (χ3n) is 5.27. The molecule has 2 aromatic carbocycles. The summed E-state index contributed by atoms with van der Waals surface area (Å²) in [5.74, 6) is -0.636. The average Bonchev–Trinajstić information content (AvgIpc) is 3.14. The number of hydrogen-bond donors (Lipinski definition) is 1. The number of hydrogen-bond acceptors (Lipinski definition) is 3. The second kappa shape index (κ2) is 6.95. The Bertz CT molecular complexity index is 1050. The Kier molecular flexibility index (Phi) is 4.48. The lowest BCUT2D eigenvalue weighted by atomic mass is 9.87. The number of amides is 1. The number of fused-ring (bicyclic) bond motifs is 1. The van der Waals surface area contributed by atoms with Crippen LogP contribution in [0.1, 0.15) is 31.2 Å². The van der Waals surface area contributed by atoms with Crippen LogP contribution in [0.2, 0.25) is 0 Å². The van der Waals surface area contributed by atoms with Crippen LogP contribution in [-0.2, 0) is 16.9 Å². The van der Waals surface area contributed by atoms with Crippen molar-refractivity contribution in [2.45, 2.75) is 37.8 Å². The summed E-state index contributed by atoms with van der Waals surface area (Å²) in [5, 5.41) is 3.48. The summed E-state index contributed by atoms with van der Waals surface area (Å²) >= 11 is 0. The molecule has 0 bridgehead atoms. The Morgan fingerprint density at radius 3 is 2.59 bits per heavy atom. The van der Waals surface area contributed by atoms with E-state index in [1.807, 2.05) is 6.07 Å². The quantitative estimate of drug-likeness (QED) is 0.773. The standard InChI is InChI=1S/C21H20FN3O2/c22-17-9-3-2-8-16(17)21(11-5-6-12-21)24-19(26)13-25-14-23-18-10-4-1-7-15(18)20(25)27/h1-4,7-10,14H,5-6,11-13H2,(H,24,26). The first-order valence-corrected chi connectivity index (χ1v) is 9.09. The molecule has 0 atom stereocenters. The minimum atomic E-state index is -0.712. The van der Waals surface area contributed by atoms with Gasteiger partial charge in [-0.1, -0.05) is 43.2 Å². The van der Waals surface area contributed by atoms with Gasteiger partial charge in [-0.15, -0.1) is 0 Å². The van der Waals surface area contributed by atoms with Gasteiger partial charge in [-0.3, -0.25) is 14.2 Å². The maximum atomic E-state index is 14.4. The Hall–Kier alpha value is -3.02. The number of carbonyl (C=O) groups excluding carboxylic acids is 1. The van der Waals surface area contributed by atoms with E-state index in [1.54, 1.807) is 36.4 Å². The number of carbonyl (C=O) groups is 1. The van der Waals surface area contributed by atoms with Gasteiger partial charge in [0.15, 0.2) is 0 Å². The first kappa shape index (κ1) is 17.4. The molecule has 0 radical (unpaired) electrons.